The van der Waals surface area contributed by atoms with Gasteiger partial charge in [0, 0.05) is 17.6 Å². The fraction of sp³-hybridized carbons (Fsp3) is 0.333. The third kappa shape index (κ3) is 4.84. The van der Waals surface area contributed by atoms with Crippen LogP contribution in [0.15, 0.2) is 30.5 Å². The minimum atomic E-state index is -0.478. The average Bonchev–Trinajstić information content (AvgIpc) is 2.90. The van der Waals surface area contributed by atoms with Gasteiger partial charge in [-0.25, -0.2) is 4.98 Å². The summed E-state index contributed by atoms with van der Waals surface area (Å²) in [6.07, 6.45) is 1.89. The lowest BCUT2D eigenvalue weighted by atomic mass is 10.2. The number of thiazole rings is 1. The average molecular weight is 305 g/mol. The molecular formula is C15H19N3O2S. The topological polar surface area (TPSA) is 77.2 Å². The van der Waals surface area contributed by atoms with Crippen LogP contribution >= 0.6 is 11.3 Å². The normalized spacial score (nSPS) is 12.1. The summed E-state index contributed by atoms with van der Waals surface area (Å²) in [6.45, 7) is 4.80. The van der Waals surface area contributed by atoms with Crippen molar-refractivity contribution in [1.29, 1.82) is 0 Å². The van der Waals surface area contributed by atoms with E-state index in [4.69, 9.17) is 10.5 Å². The second-order valence-electron chi connectivity index (χ2n) is 4.81. The number of aryl methyl sites for hydroxylation is 1. The summed E-state index contributed by atoms with van der Waals surface area (Å²) in [4.78, 5) is 16.2. The number of carbonyl (C=O) groups is 1. The van der Waals surface area contributed by atoms with Gasteiger partial charge in [-0.1, -0.05) is 12.1 Å². The Morgan fingerprint density at radius 1 is 1.43 bits per heavy atom. The molecule has 1 aromatic carbocycles. The molecule has 0 spiro atoms. The predicted octanol–water partition coefficient (Wildman–Crippen LogP) is 2.17. The number of ether oxygens (including phenoxy) is 1. The number of hydrogen-bond donors (Lipinski definition) is 2. The highest BCUT2D eigenvalue weighted by atomic mass is 32.1. The van der Waals surface area contributed by atoms with Gasteiger partial charge in [0.15, 0.2) is 6.61 Å². The van der Waals surface area contributed by atoms with Gasteiger partial charge in [0.1, 0.15) is 10.8 Å². The molecule has 1 unspecified atom stereocenters. The van der Waals surface area contributed by atoms with Crippen LogP contribution in [0.2, 0.25) is 0 Å². The van der Waals surface area contributed by atoms with E-state index in [0.29, 0.717) is 5.75 Å². The second-order valence-corrected chi connectivity index (χ2v) is 6.08. The van der Waals surface area contributed by atoms with Crippen LogP contribution in [0.25, 0.3) is 0 Å². The van der Waals surface area contributed by atoms with Crippen molar-refractivity contribution >= 4 is 17.2 Å². The molecule has 0 saturated carbocycles. The smallest absolute Gasteiger partial charge is 0.255 e. The summed E-state index contributed by atoms with van der Waals surface area (Å²) >= 11 is 1.71. The molecule has 0 bridgehead atoms. The van der Waals surface area contributed by atoms with Crippen LogP contribution < -0.4 is 15.8 Å². The van der Waals surface area contributed by atoms with Crippen LogP contribution in [0.1, 0.15) is 28.4 Å². The van der Waals surface area contributed by atoms with Crippen molar-refractivity contribution < 1.29 is 9.53 Å². The number of hydrogen-bond acceptors (Lipinski definition) is 5. The Balaban J connectivity index is 1.84. The molecule has 2 rings (SSSR count). The van der Waals surface area contributed by atoms with Gasteiger partial charge in [-0.3, -0.25) is 4.79 Å². The van der Waals surface area contributed by atoms with Crippen molar-refractivity contribution in [1.82, 2.24) is 10.3 Å². The van der Waals surface area contributed by atoms with Gasteiger partial charge in [0.25, 0.3) is 5.91 Å². The quantitative estimate of drug-likeness (QED) is 0.822. The van der Waals surface area contributed by atoms with E-state index in [0.717, 1.165) is 17.1 Å². The molecule has 0 aliphatic carbocycles. The van der Waals surface area contributed by atoms with Crippen molar-refractivity contribution in [2.24, 2.45) is 5.73 Å². The zero-order valence-electron chi connectivity index (χ0n) is 12.1. The monoisotopic (exact) mass is 305 g/mol. The number of benzene rings is 1. The number of rotatable bonds is 7. The number of nitrogens with one attached hydrogen (secondary N) is 1. The van der Waals surface area contributed by atoms with Crippen molar-refractivity contribution in [2.75, 3.05) is 6.61 Å². The third-order valence-electron chi connectivity index (χ3n) is 2.93. The Morgan fingerprint density at radius 3 is 2.71 bits per heavy atom. The number of nitrogens with zero attached hydrogens (tertiary/aromatic N) is 1. The molecule has 1 heterocycles. The fourth-order valence-electron chi connectivity index (χ4n) is 1.79. The molecule has 21 heavy (non-hydrogen) atoms. The molecule has 0 fully saturated rings. The predicted molar refractivity (Wildman–Crippen MR) is 83.2 cm³/mol. The number of primary amides is 1. The van der Waals surface area contributed by atoms with Crippen LogP contribution in [0.5, 0.6) is 5.75 Å². The van der Waals surface area contributed by atoms with Crippen LogP contribution in [0.4, 0.5) is 0 Å². The molecule has 0 saturated heterocycles. The largest absolute Gasteiger partial charge is 0.484 e. The summed E-state index contributed by atoms with van der Waals surface area (Å²) < 4.78 is 5.22. The second kappa shape index (κ2) is 7.19. The van der Waals surface area contributed by atoms with E-state index >= 15 is 0 Å². The maximum absolute atomic E-state index is 10.6. The lowest BCUT2D eigenvalue weighted by Crippen LogP contribution is -2.20. The summed E-state index contributed by atoms with van der Waals surface area (Å²) in [5, 5.41) is 4.52. The van der Waals surface area contributed by atoms with E-state index in [1.165, 1.54) is 4.88 Å². The summed E-state index contributed by atoms with van der Waals surface area (Å²) in [5.41, 5.74) is 6.17. The molecule has 0 radical (unpaired) electrons. The highest BCUT2D eigenvalue weighted by Crippen LogP contribution is 2.19. The molecule has 3 N–H and O–H groups in total. The summed E-state index contributed by atoms with van der Waals surface area (Å²) in [6, 6.07) is 7.80. The molecular weight excluding hydrogens is 286 g/mol. The Labute approximate surface area is 128 Å². The van der Waals surface area contributed by atoms with Gasteiger partial charge in [0.2, 0.25) is 0 Å². The number of carbonyl (C=O) groups excluding carboxylic acids is 1. The maximum Gasteiger partial charge on any atom is 0.255 e. The minimum Gasteiger partial charge on any atom is -0.484 e. The first kappa shape index (κ1) is 15.5. The van der Waals surface area contributed by atoms with Gasteiger partial charge in [-0.2, -0.15) is 0 Å². The molecule has 1 amide bonds. The lowest BCUT2D eigenvalue weighted by Gasteiger charge is -2.11. The molecule has 0 aliphatic heterocycles. The van der Waals surface area contributed by atoms with Crippen molar-refractivity contribution in [2.45, 2.75) is 26.4 Å². The van der Waals surface area contributed by atoms with E-state index in [-0.39, 0.29) is 12.6 Å². The Kier molecular flexibility index (Phi) is 5.30. The SMILES string of the molecule is Cc1cnc(C(C)NCc2ccc(OCC(N)=O)cc2)s1. The van der Waals surface area contributed by atoms with Crippen LogP contribution in [0.3, 0.4) is 0 Å². The number of nitrogens with two attached hydrogens (primary N) is 1. The summed E-state index contributed by atoms with van der Waals surface area (Å²) in [5.74, 6) is 0.162. The lowest BCUT2D eigenvalue weighted by molar-refractivity contribution is -0.119. The van der Waals surface area contributed by atoms with Gasteiger partial charge < -0.3 is 15.8 Å². The first-order valence-corrected chi connectivity index (χ1v) is 7.52. The van der Waals surface area contributed by atoms with E-state index in [1.54, 1.807) is 11.3 Å². The van der Waals surface area contributed by atoms with Crippen molar-refractivity contribution in [3.05, 3.63) is 45.9 Å². The van der Waals surface area contributed by atoms with Crippen LogP contribution in [-0.2, 0) is 11.3 Å². The fourth-order valence-corrected chi connectivity index (χ4v) is 2.59. The zero-order chi connectivity index (χ0) is 15.2. The van der Waals surface area contributed by atoms with Gasteiger partial charge in [-0.05, 0) is 31.5 Å². The third-order valence-corrected chi connectivity index (χ3v) is 4.02. The van der Waals surface area contributed by atoms with E-state index in [9.17, 15) is 4.79 Å². The standard InChI is InChI=1S/C15H19N3O2S/c1-10-7-18-15(21-10)11(2)17-8-12-3-5-13(6-4-12)20-9-14(16)19/h3-7,11,17H,8-9H2,1-2H3,(H2,16,19). The first-order valence-electron chi connectivity index (χ1n) is 6.70. The highest BCUT2D eigenvalue weighted by molar-refractivity contribution is 7.11. The molecule has 1 aromatic heterocycles. The van der Waals surface area contributed by atoms with E-state index < -0.39 is 5.91 Å². The summed E-state index contributed by atoms with van der Waals surface area (Å²) in [7, 11) is 0. The van der Waals surface area contributed by atoms with Gasteiger partial charge in [0.05, 0.1) is 6.04 Å². The Hall–Kier alpha value is -1.92. The molecule has 1 atom stereocenters. The van der Waals surface area contributed by atoms with E-state index in [1.807, 2.05) is 30.5 Å². The van der Waals surface area contributed by atoms with Gasteiger partial charge >= 0.3 is 0 Å². The van der Waals surface area contributed by atoms with E-state index in [2.05, 4.69) is 24.1 Å². The van der Waals surface area contributed by atoms with Crippen LogP contribution in [0, 0.1) is 6.92 Å². The van der Waals surface area contributed by atoms with Crippen molar-refractivity contribution in [3.63, 3.8) is 0 Å². The minimum absolute atomic E-state index is 0.0992. The number of amides is 1. The maximum atomic E-state index is 10.6. The Bertz CT molecular complexity index is 595. The van der Waals surface area contributed by atoms with Crippen LogP contribution in [-0.4, -0.2) is 17.5 Å². The zero-order valence-corrected chi connectivity index (χ0v) is 12.9. The van der Waals surface area contributed by atoms with Gasteiger partial charge in [-0.15, -0.1) is 11.3 Å². The molecule has 2 aromatic rings. The number of aromatic nitrogens is 1. The molecule has 112 valence electrons. The molecule has 5 nitrogen and oxygen atoms in total. The first-order chi connectivity index (χ1) is 10.0. The van der Waals surface area contributed by atoms with Crippen molar-refractivity contribution in [3.8, 4) is 5.75 Å². The Morgan fingerprint density at radius 2 is 2.14 bits per heavy atom. The highest BCUT2D eigenvalue weighted by Gasteiger charge is 2.08. The molecule has 6 heteroatoms. The molecule has 0 aliphatic rings.